The molecule has 2 fully saturated rings. The minimum atomic E-state index is 0.454. The summed E-state index contributed by atoms with van der Waals surface area (Å²) in [6.07, 6.45) is 6.69. The number of thioether (sulfide) groups is 1. The van der Waals surface area contributed by atoms with Crippen LogP contribution < -0.4 is 5.73 Å². The fourth-order valence-electron chi connectivity index (χ4n) is 2.74. The van der Waals surface area contributed by atoms with Crippen molar-refractivity contribution in [3.05, 3.63) is 0 Å². The lowest BCUT2D eigenvalue weighted by Gasteiger charge is -2.39. The summed E-state index contributed by atoms with van der Waals surface area (Å²) < 4.78 is 0. The highest BCUT2D eigenvalue weighted by Gasteiger charge is 2.26. The molecule has 0 amide bonds. The monoisotopic (exact) mass is 228 g/mol. The summed E-state index contributed by atoms with van der Waals surface area (Å²) in [6.45, 7) is 4.87. The van der Waals surface area contributed by atoms with E-state index in [2.05, 4.69) is 23.6 Å². The fourth-order valence-corrected chi connectivity index (χ4v) is 4.08. The smallest absolute Gasteiger partial charge is 0.0175 e. The van der Waals surface area contributed by atoms with Crippen LogP contribution in [0.2, 0.25) is 0 Å². The van der Waals surface area contributed by atoms with Gasteiger partial charge in [-0.2, -0.15) is 11.8 Å². The molecule has 0 spiro atoms. The van der Waals surface area contributed by atoms with E-state index >= 15 is 0 Å². The molecule has 0 aromatic rings. The molecule has 2 N–H and O–H groups in total. The first kappa shape index (κ1) is 11.7. The minimum Gasteiger partial charge on any atom is -0.328 e. The lowest BCUT2D eigenvalue weighted by molar-refractivity contribution is 0.147. The SMILES string of the molecule is CC1CC(N)CCN1CC1CCCCS1. The zero-order valence-electron chi connectivity index (χ0n) is 9.82. The summed E-state index contributed by atoms with van der Waals surface area (Å²) in [7, 11) is 0. The third kappa shape index (κ3) is 3.36. The summed E-state index contributed by atoms with van der Waals surface area (Å²) in [5.74, 6) is 1.38. The lowest BCUT2D eigenvalue weighted by atomic mass is 9.98. The molecule has 0 radical (unpaired) electrons. The number of nitrogens with zero attached hydrogens (tertiary/aromatic N) is 1. The van der Waals surface area contributed by atoms with Gasteiger partial charge in [0.1, 0.15) is 0 Å². The molecule has 0 bridgehead atoms. The second kappa shape index (κ2) is 5.55. The van der Waals surface area contributed by atoms with Gasteiger partial charge in [-0.05, 0) is 44.9 Å². The van der Waals surface area contributed by atoms with Crippen LogP contribution in [0.3, 0.4) is 0 Å². The normalized spacial score (nSPS) is 39.2. The van der Waals surface area contributed by atoms with Crippen molar-refractivity contribution in [2.45, 2.75) is 56.4 Å². The van der Waals surface area contributed by atoms with E-state index in [0.29, 0.717) is 12.1 Å². The van der Waals surface area contributed by atoms with Gasteiger partial charge in [-0.3, -0.25) is 4.90 Å². The Kier molecular flexibility index (Phi) is 4.35. The Morgan fingerprint density at radius 1 is 1.33 bits per heavy atom. The predicted octanol–water partition coefficient (Wildman–Crippen LogP) is 2.08. The molecule has 2 aliphatic rings. The van der Waals surface area contributed by atoms with Gasteiger partial charge >= 0.3 is 0 Å². The third-order valence-corrected chi connectivity index (χ3v) is 5.15. The number of hydrogen-bond donors (Lipinski definition) is 1. The van der Waals surface area contributed by atoms with Crippen molar-refractivity contribution in [3.63, 3.8) is 0 Å². The Morgan fingerprint density at radius 3 is 2.87 bits per heavy atom. The van der Waals surface area contributed by atoms with E-state index in [1.807, 2.05) is 0 Å². The van der Waals surface area contributed by atoms with E-state index in [1.165, 1.54) is 50.9 Å². The highest BCUT2D eigenvalue weighted by Crippen LogP contribution is 2.27. The molecule has 0 aliphatic carbocycles. The highest BCUT2D eigenvalue weighted by atomic mass is 32.2. The van der Waals surface area contributed by atoms with Crippen LogP contribution in [0, 0.1) is 0 Å². The lowest BCUT2D eigenvalue weighted by Crippen LogP contribution is -2.47. The van der Waals surface area contributed by atoms with E-state index in [4.69, 9.17) is 5.73 Å². The van der Waals surface area contributed by atoms with E-state index < -0.39 is 0 Å². The van der Waals surface area contributed by atoms with Crippen molar-refractivity contribution >= 4 is 11.8 Å². The summed E-state index contributed by atoms with van der Waals surface area (Å²) >= 11 is 2.19. The average molecular weight is 228 g/mol. The maximum Gasteiger partial charge on any atom is 0.0175 e. The molecule has 2 rings (SSSR count). The maximum atomic E-state index is 5.99. The quantitative estimate of drug-likeness (QED) is 0.784. The predicted molar refractivity (Wildman–Crippen MR) is 68.3 cm³/mol. The van der Waals surface area contributed by atoms with E-state index in [9.17, 15) is 0 Å². The van der Waals surface area contributed by atoms with Crippen LogP contribution in [-0.4, -0.2) is 41.1 Å². The highest BCUT2D eigenvalue weighted by molar-refractivity contribution is 7.99. The van der Waals surface area contributed by atoms with Gasteiger partial charge in [-0.1, -0.05) is 6.42 Å². The average Bonchev–Trinajstić information content (AvgIpc) is 2.24. The molecule has 2 nitrogen and oxygen atoms in total. The van der Waals surface area contributed by atoms with Gasteiger partial charge in [-0.25, -0.2) is 0 Å². The molecule has 2 aliphatic heterocycles. The van der Waals surface area contributed by atoms with Gasteiger partial charge in [0.05, 0.1) is 0 Å². The van der Waals surface area contributed by atoms with Gasteiger partial charge in [0.25, 0.3) is 0 Å². The Bertz CT molecular complexity index is 192. The fraction of sp³-hybridized carbons (Fsp3) is 1.00. The third-order valence-electron chi connectivity index (χ3n) is 3.77. The first-order valence-electron chi connectivity index (χ1n) is 6.37. The molecule has 3 atom stereocenters. The van der Waals surface area contributed by atoms with Gasteiger partial charge in [0.2, 0.25) is 0 Å². The van der Waals surface area contributed by atoms with Crippen LogP contribution in [0.25, 0.3) is 0 Å². The van der Waals surface area contributed by atoms with Crippen molar-refractivity contribution in [1.29, 1.82) is 0 Å². The zero-order valence-corrected chi connectivity index (χ0v) is 10.6. The minimum absolute atomic E-state index is 0.454. The van der Waals surface area contributed by atoms with Crippen LogP contribution in [0.5, 0.6) is 0 Å². The first-order valence-corrected chi connectivity index (χ1v) is 7.42. The second-order valence-electron chi connectivity index (χ2n) is 5.12. The van der Waals surface area contributed by atoms with Crippen LogP contribution in [0.15, 0.2) is 0 Å². The van der Waals surface area contributed by atoms with Crippen LogP contribution >= 0.6 is 11.8 Å². The summed E-state index contributed by atoms with van der Waals surface area (Å²) in [6, 6.07) is 1.16. The first-order chi connectivity index (χ1) is 7.25. The number of likely N-dealkylation sites (tertiary alicyclic amines) is 1. The Labute approximate surface area is 98.0 Å². The summed E-state index contributed by atoms with van der Waals surface area (Å²) in [5, 5.41) is 0.899. The number of nitrogens with two attached hydrogens (primary N) is 1. The Morgan fingerprint density at radius 2 is 2.20 bits per heavy atom. The van der Waals surface area contributed by atoms with Gasteiger partial charge in [0, 0.05) is 23.9 Å². The van der Waals surface area contributed by atoms with Gasteiger partial charge in [-0.15, -0.1) is 0 Å². The van der Waals surface area contributed by atoms with Crippen molar-refractivity contribution in [2.24, 2.45) is 5.73 Å². The molecule has 2 heterocycles. The molecule has 0 aromatic carbocycles. The van der Waals surface area contributed by atoms with E-state index in [0.717, 1.165) is 5.25 Å². The van der Waals surface area contributed by atoms with Crippen LogP contribution in [0.1, 0.15) is 39.0 Å². The molecular formula is C12H24N2S. The number of rotatable bonds is 2. The number of piperidine rings is 1. The molecule has 0 aromatic heterocycles. The summed E-state index contributed by atoms with van der Waals surface area (Å²) in [4.78, 5) is 2.66. The van der Waals surface area contributed by atoms with Crippen molar-refractivity contribution < 1.29 is 0 Å². The number of hydrogen-bond acceptors (Lipinski definition) is 3. The molecule has 3 heteroatoms. The van der Waals surface area contributed by atoms with Gasteiger partial charge in [0.15, 0.2) is 0 Å². The molecule has 3 unspecified atom stereocenters. The molecule has 15 heavy (non-hydrogen) atoms. The largest absolute Gasteiger partial charge is 0.328 e. The van der Waals surface area contributed by atoms with Crippen molar-refractivity contribution in [3.8, 4) is 0 Å². The zero-order chi connectivity index (χ0) is 10.7. The van der Waals surface area contributed by atoms with Crippen LogP contribution in [-0.2, 0) is 0 Å². The topological polar surface area (TPSA) is 29.3 Å². The van der Waals surface area contributed by atoms with Crippen molar-refractivity contribution in [1.82, 2.24) is 4.90 Å². The molecule has 2 saturated heterocycles. The Hall–Kier alpha value is 0.270. The molecule has 88 valence electrons. The standard InChI is InChI=1S/C12H24N2S/c1-10-8-11(13)5-6-14(10)9-12-4-2-3-7-15-12/h10-12H,2-9,13H2,1H3. The van der Waals surface area contributed by atoms with E-state index in [-0.39, 0.29) is 0 Å². The van der Waals surface area contributed by atoms with Crippen LogP contribution in [0.4, 0.5) is 0 Å². The van der Waals surface area contributed by atoms with Gasteiger partial charge < -0.3 is 5.73 Å². The second-order valence-corrected chi connectivity index (χ2v) is 6.53. The maximum absolute atomic E-state index is 5.99. The Balaban J connectivity index is 1.77. The van der Waals surface area contributed by atoms with Crippen molar-refractivity contribution in [2.75, 3.05) is 18.8 Å². The van der Waals surface area contributed by atoms with E-state index in [1.54, 1.807) is 0 Å². The molecule has 0 saturated carbocycles. The summed E-state index contributed by atoms with van der Waals surface area (Å²) in [5.41, 5.74) is 5.99. The molecular weight excluding hydrogens is 204 g/mol.